The summed E-state index contributed by atoms with van der Waals surface area (Å²) in [5, 5.41) is 11.0. The molecule has 4 rings (SSSR count). The summed E-state index contributed by atoms with van der Waals surface area (Å²) < 4.78 is 5.22. The van der Waals surface area contributed by atoms with Crippen LogP contribution in [-0.4, -0.2) is 23.4 Å². The summed E-state index contributed by atoms with van der Waals surface area (Å²) in [7, 11) is 0. The number of ether oxygens (including phenoxy) is 1. The maximum atomic E-state index is 13.2. The van der Waals surface area contributed by atoms with E-state index in [1.807, 2.05) is 12.1 Å². The van der Waals surface area contributed by atoms with Crippen LogP contribution in [0.2, 0.25) is 5.02 Å². The number of carbonyl (C=O) groups is 2. The number of nitrogens with zero attached hydrogens (tertiary/aromatic N) is 2. The van der Waals surface area contributed by atoms with E-state index in [-0.39, 0.29) is 29.5 Å². The lowest BCUT2D eigenvalue weighted by Gasteiger charge is -2.38. The predicted octanol–water partition coefficient (Wildman–Crippen LogP) is 4.15. The van der Waals surface area contributed by atoms with Crippen molar-refractivity contribution in [2.24, 2.45) is 5.73 Å². The Labute approximate surface area is 182 Å². The zero-order chi connectivity index (χ0) is 21.4. The molecule has 2 aliphatic rings. The first kappa shape index (κ1) is 20.1. The first-order chi connectivity index (χ1) is 14.5. The molecule has 0 bridgehead atoms. The summed E-state index contributed by atoms with van der Waals surface area (Å²) in [5.41, 5.74) is 7.81. The number of nitrogens with two attached hydrogens (primary N) is 1. The van der Waals surface area contributed by atoms with Crippen LogP contribution in [0.25, 0.3) is 0 Å². The van der Waals surface area contributed by atoms with E-state index in [0.717, 1.165) is 4.90 Å². The summed E-state index contributed by atoms with van der Waals surface area (Å²) in [4.78, 5) is 28.1. The van der Waals surface area contributed by atoms with E-state index in [4.69, 9.17) is 22.1 Å². The summed E-state index contributed by atoms with van der Waals surface area (Å²) in [6.45, 7) is 1.81. The lowest BCUT2D eigenvalue weighted by Crippen LogP contribution is -2.42. The molecule has 2 aliphatic heterocycles. The Hall–Kier alpha value is -3.21. The highest BCUT2D eigenvalue weighted by molar-refractivity contribution is 8.03. The highest BCUT2D eigenvalue weighted by Gasteiger charge is 2.44. The number of benzene rings is 2. The normalized spacial score (nSPS) is 18.0. The number of halogens is 1. The fraction of sp³-hybridized carbons (Fsp3) is 0.136. The van der Waals surface area contributed by atoms with Crippen molar-refractivity contribution in [2.45, 2.75) is 17.7 Å². The van der Waals surface area contributed by atoms with Crippen LogP contribution in [0.4, 0.5) is 0 Å². The van der Waals surface area contributed by atoms with Crippen LogP contribution in [0.15, 0.2) is 75.4 Å². The summed E-state index contributed by atoms with van der Waals surface area (Å²) in [6, 6.07) is 16.1. The Morgan fingerprint density at radius 3 is 2.63 bits per heavy atom. The first-order valence-corrected chi connectivity index (χ1v) is 10.3. The van der Waals surface area contributed by atoms with Gasteiger partial charge in [-0.3, -0.25) is 9.69 Å². The van der Waals surface area contributed by atoms with Gasteiger partial charge in [0.25, 0.3) is 5.91 Å². The van der Waals surface area contributed by atoms with E-state index in [1.54, 1.807) is 43.3 Å². The van der Waals surface area contributed by atoms with Gasteiger partial charge in [0.15, 0.2) is 0 Å². The Morgan fingerprint density at radius 2 is 1.97 bits per heavy atom. The van der Waals surface area contributed by atoms with Gasteiger partial charge in [0.2, 0.25) is 0 Å². The highest BCUT2D eigenvalue weighted by Crippen LogP contribution is 2.49. The molecule has 0 spiro atoms. The van der Waals surface area contributed by atoms with Crippen LogP contribution < -0.4 is 5.73 Å². The lowest BCUT2D eigenvalue weighted by molar-refractivity contribution is -0.138. The third kappa shape index (κ3) is 3.15. The number of esters is 1. The van der Waals surface area contributed by atoms with Gasteiger partial charge in [-0.15, -0.1) is 0 Å². The Balaban J connectivity index is 1.98. The molecule has 0 fully saturated rings. The first-order valence-electron chi connectivity index (χ1n) is 9.15. The number of amides is 1. The quantitative estimate of drug-likeness (QED) is 0.724. The van der Waals surface area contributed by atoms with E-state index in [1.165, 1.54) is 16.7 Å². The van der Waals surface area contributed by atoms with Crippen molar-refractivity contribution in [1.82, 2.24) is 4.90 Å². The minimum absolute atomic E-state index is 0.0330. The molecule has 6 nitrogen and oxygen atoms in total. The molecule has 0 aliphatic carbocycles. The molecule has 1 atom stereocenters. The maximum absolute atomic E-state index is 13.2. The van der Waals surface area contributed by atoms with E-state index in [0.29, 0.717) is 21.2 Å². The highest BCUT2D eigenvalue weighted by atomic mass is 35.5. The molecule has 0 radical (unpaired) electrons. The van der Waals surface area contributed by atoms with E-state index >= 15 is 0 Å². The van der Waals surface area contributed by atoms with Gasteiger partial charge in [-0.2, -0.15) is 5.26 Å². The van der Waals surface area contributed by atoms with Crippen LogP contribution in [-0.2, 0) is 9.53 Å². The van der Waals surface area contributed by atoms with Crippen LogP contribution in [0.3, 0.4) is 0 Å². The van der Waals surface area contributed by atoms with Crippen molar-refractivity contribution in [2.75, 3.05) is 6.61 Å². The second-order valence-electron chi connectivity index (χ2n) is 6.57. The molecule has 0 aromatic heterocycles. The monoisotopic (exact) mass is 437 g/mol. The van der Waals surface area contributed by atoms with E-state index in [9.17, 15) is 14.9 Å². The number of rotatable bonds is 3. The zero-order valence-electron chi connectivity index (χ0n) is 15.9. The molecule has 2 aromatic rings. The molecule has 0 saturated carbocycles. The smallest absolute Gasteiger partial charge is 0.338 e. The van der Waals surface area contributed by atoms with Gasteiger partial charge >= 0.3 is 5.97 Å². The fourth-order valence-electron chi connectivity index (χ4n) is 3.56. The molecule has 2 N–H and O–H groups in total. The molecule has 30 heavy (non-hydrogen) atoms. The maximum Gasteiger partial charge on any atom is 0.338 e. The number of hydrogen-bond acceptors (Lipinski definition) is 6. The molecule has 2 aromatic carbocycles. The molecular formula is C22H16ClN3O3S. The molecule has 150 valence electrons. The standard InChI is InChI=1S/C22H16ClN3O3S/c1-2-29-22(28)18-17(12-7-9-13(23)10-8-12)15(11-24)21-26(19(18)25)20(27)14-5-3-4-6-16(14)30-21/h3-10,17H,2,25H2,1H3. The topological polar surface area (TPSA) is 96.4 Å². The van der Waals surface area contributed by atoms with Gasteiger partial charge in [-0.1, -0.05) is 47.6 Å². The van der Waals surface area contributed by atoms with Crippen molar-refractivity contribution in [3.63, 3.8) is 0 Å². The van der Waals surface area contributed by atoms with Gasteiger partial charge in [-0.05, 0) is 36.8 Å². The summed E-state index contributed by atoms with van der Waals surface area (Å²) >= 11 is 7.30. The molecule has 2 heterocycles. The number of thioether (sulfide) groups is 1. The van der Waals surface area contributed by atoms with E-state index < -0.39 is 11.9 Å². The summed E-state index contributed by atoms with van der Waals surface area (Å²) in [6.07, 6.45) is 0. The number of nitriles is 1. The average molecular weight is 438 g/mol. The lowest BCUT2D eigenvalue weighted by atomic mass is 9.83. The minimum Gasteiger partial charge on any atom is -0.463 e. The van der Waals surface area contributed by atoms with Crippen molar-refractivity contribution < 1.29 is 14.3 Å². The van der Waals surface area contributed by atoms with Gasteiger partial charge in [0.1, 0.15) is 10.9 Å². The molecule has 0 saturated heterocycles. The fourth-order valence-corrected chi connectivity index (χ4v) is 4.85. The van der Waals surface area contributed by atoms with Crippen LogP contribution >= 0.6 is 23.4 Å². The molecular weight excluding hydrogens is 422 g/mol. The van der Waals surface area contributed by atoms with Crippen LogP contribution in [0, 0.1) is 11.3 Å². The second-order valence-corrected chi connectivity index (χ2v) is 8.04. The van der Waals surface area contributed by atoms with Crippen molar-refractivity contribution in [3.05, 3.63) is 86.7 Å². The van der Waals surface area contributed by atoms with Crippen molar-refractivity contribution >= 4 is 35.2 Å². The van der Waals surface area contributed by atoms with Gasteiger partial charge in [0.05, 0.1) is 35.3 Å². The predicted molar refractivity (Wildman–Crippen MR) is 113 cm³/mol. The van der Waals surface area contributed by atoms with Crippen LogP contribution in [0.5, 0.6) is 0 Å². The Kier molecular flexibility index (Phi) is 5.29. The number of carbonyl (C=O) groups excluding carboxylic acids is 2. The average Bonchev–Trinajstić information content (AvgIpc) is 2.74. The van der Waals surface area contributed by atoms with Crippen molar-refractivity contribution in [3.8, 4) is 6.07 Å². The number of allylic oxidation sites excluding steroid dienone is 1. The third-order valence-electron chi connectivity index (χ3n) is 4.87. The van der Waals surface area contributed by atoms with E-state index in [2.05, 4.69) is 6.07 Å². The Morgan fingerprint density at radius 1 is 1.27 bits per heavy atom. The number of fused-ring (bicyclic) bond motifs is 2. The van der Waals surface area contributed by atoms with Crippen molar-refractivity contribution in [1.29, 1.82) is 5.26 Å². The molecule has 1 unspecified atom stereocenters. The Bertz CT molecular complexity index is 1160. The minimum atomic E-state index is -0.775. The second kappa shape index (κ2) is 7.90. The summed E-state index contributed by atoms with van der Waals surface area (Å²) in [5.74, 6) is -1.86. The molecule has 1 amide bonds. The van der Waals surface area contributed by atoms with Gasteiger partial charge in [-0.25, -0.2) is 4.79 Å². The van der Waals surface area contributed by atoms with Gasteiger partial charge < -0.3 is 10.5 Å². The largest absolute Gasteiger partial charge is 0.463 e. The molecule has 8 heteroatoms. The third-order valence-corrected chi connectivity index (χ3v) is 6.30. The zero-order valence-corrected chi connectivity index (χ0v) is 17.5. The number of hydrogen-bond donors (Lipinski definition) is 1. The SMILES string of the molecule is CCOC(=O)C1=C(N)N2C(=O)c3ccccc3SC2=C(C#N)C1c1ccc(Cl)cc1. The van der Waals surface area contributed by atoms with Gasteiger partial charge in [0, 0.05) is 9.92 Å². The van der Waals surface area contributed by atoms with Crippen LogP contribution in [0.1, 0.15) is 28.8 Å².